The number of alkyl halides is 1. The third-order valence-corrected chi connectivity index (χ3v) is 4.03. The lowest BCUT2D eigenvalue weighted by molar-refractivity contribution is -0.00712. The Kier molecular flexibility index (Phi) is 3.22. The minimum Gasteiger partial charge on any atom is -0.394 e. The van der Waals surface area contributed by atoms with Crippen molar-refractivity contribution >= 4 is 11.5 Å². The van der Waals surface area contributed by atoms with Crippen LogP contribution in [0.5, 0.6) is 0 Å². The van der Waals surface area contributed by atoms with Gasteiger partial charge in [0.2, 0.25) is 5.95 Å². The average Bonchev–Trinajstić information content (AvgIpc) is 2.89. The van der Waals surface area contributed by atoms with Gasteiger partial charge in [-0.25, -0.2) is 8.91 Å². The first kappa shape index (κ1) is 14.0. The van der Waals surface area contributed by atoms with Crippen molar-refractivity contribution < 1.29 is 14.2 Å². The SMILES string of the molecule is Cc1cc([C@@H]2O[C@H](CO)[C@@H](C)[C@H]2F)n2nc(N)[nH]c(=O)c12. The smallest absolute Gasteiger partial charge is 0.276 e. The van der Waals surface area contributed by atoms with E-state index >= 15 is 0 Å². The van der Waals surface area contributed by atoms with Gasteiger partial charge in [-0.3, -0.25) is 9.78 Å². The second-order valence-corrected chi connectivity index (χ2v) is 5.43. The van der Waals surface area contributed by atoms with Crippen LogP contribution >= 0.6 is 0 Å². The Bertz CT molecular complexity index is 741. The molecule has 2 aromatic rings. The molecule has 0 unspecified atom stereocenters. The van der Waals surface area contributed by atoms with Gasteiger partial charge in [0.15, 0.2) is 0 Å². The molecule has 1 fully saturated rings. The van der Waals surface area contributed by atoms with Crippen LogP contribution in [0.1, 0.15) is 24.3 Å². The highest BCUT2D eigenvalue weighted by atomic mass is 19.1. The maximum Gasteiger partial charge on any atom is 0.276 e. The van der Waals surface area contributed by atoms with Crippen LogP contribution in [0, 0.1) is 12.8 Å². The number of nitrogens with two attached hydrogens (primary N) is 1. The summed E-state index contributed by atoms with van der Waals surface area (Å²) < 4.78 is 21.4. The summed E-state index contributed by atoms with van der Waals surface area (Å²) in [6.45, 7) is 3.17. The number of aliphatic hydroxyl groups excluding tert-OH is 1. The molecule has 21 heavy (non-hydrogen) atoms. The lowest BCUT2D eigenvalue weighted by atomic mass is 9.99. The number of nitrogen functional groups attached to an aromatic ring is 1. The van der Waals surface area contributed by atoms with Gasteiger partial charge in [0, 0.05) is 5.92 Å². The topological polar surface area (TPSA) is 106 Å². The van der Waals surface area contributed by atoms with Crippen molar-refractivity contribution in [3.8, 4) is 0 Å². The van der Waals surface area contributed by atoms with Crippen molar-refractivity contribution in [1.82, 2.24) is 14.6 Å². The maximum absolute atomic E-state index is 14.4. The number of aryl methyl sites for hydroxylation is 1. The quantitative estimate of drug-likeness (QED) is 0.740. The van der Waals surface area contributed by atoms with Crippen molar-refractivity contribution in [2.24, 2.45) is 5.92 Å². The second kappa shape index (κ2) is 4.81. The molecule has 0 amide bonds. The zero-order valence-corrected chi connectivity index (χ0v) is 11.7. The summed E-state index contributed by atoms with van der Waals surface area (Å²) in [5.74, 6) is -0.491. The van der Waals surface area contributed by atoms with Gasteiger partial charge in [-0.15, -0.1) is 5.10 Å². The van der Waals surface area contributed by atoms with E-state index in [4.69, 9.17) is 10.5 Å². The highest BCUT2D eigenvalue weighted by Crippen LogP contribution is 2.39. The van der Waals surface area contributed by atoms with E-state index in [0.29, 0.717) is 16.8 Å². The molecule has 4 atom stereocenters. The normalized spacial score (nSPS) is 29.3. The van der Waals surface area contributed by atoms with Crippen molar-refractivity contribution in [2.75, 3.05) is 12.3 Å². The van der Waals surface area contributed by atoms with Crippen LogP contribution in [0.15, 0.2) is 10.9 Å². The van der Waals surface area contributed by atoms with Gasteiger partial charge in [0.25, 0.3) is 5.56 Å². The van der Waals surface area contributed by atoms with Gasteiger partial charge in [0.05, 0.1) is 18.4 Å². The minimum atomic E-state index is -1.29. The lowest BCUT2D eigenvalue weighted by Crippen LogP contribution is -2.21. The minimum absolute atomic E-state index is 0.0514. The summed E-state index contributed by atoms with van der Waals surface area (Å²) in [5, 5.41) is 13.3. The first-order valence-corrected chi connectivity index (χ1v) is 6.72. The van der Waals surface area contributed by atoms with Crippen LogP contribution in [-0.4, -0.2) is 38.6 Å². The van der Waals surface area contributed by atoms with Gasteiger partial charge < -0.3 is 15.6 Å². The first-order valence-electron chi connectivity index (χ1n) is 6.72. The van der Waals surface area contributed by atoms with Crippen molar-refractivity contribution in [2.45, 2.75) is 32.2 Å². The number of aliphatic hydroxyl groups is 1. The van der Waals surface area contributed by atoms with E-state index in [2.05, 4.69) is 10.1 Å². The molecule has 0 bridgehead atoms. The molecule has 0 aliphatic carbocycles. The molecule has 4 N–H and O–H groups in total. The molecule has 2 aromatic heterocycles. The Morgan fingerprint density at radius 3 is 2.95 bits per heavy atom. The summed E-state index contributed by atoms with van der Waals surface area (Å²) in [7, 11) is 0. The van der Waals surface area contributed by atoms with Crippen LogP contribution in [-0.2, 0) is 4.74 Å². The molecule has 1 aliphatic rings. The number of nitrogens with one attached hydrogen (secondary N) is 1. The fourth-order valence-electron chi connectivity index (χ4n) is 2.85. The number of anilines is 1. The van der Waals surface area contributed by atoms with Crippen LogP contribution in [0.4, 0.5) is 10.3 Å². The summed E-state index contributed by atoms with van der Waals surface area (Å²) in [6.07, 6.45) is -2.75. The van der Waals surface area contributed by atoms with E-state index in [1.54, 1.807) is 19.9 Å². The Morgan fingerprint density at radius 2 is 2.33 bits per heavy atom. The van der Waals surface area contributed by atoms with Gasteiger partial charge in [0.1, 0.15) is 17.8 Å². The zero-order chi connectivity index (χ0) is 15.3. The standard InChI is InChI=1S/C13H17FN4O3/c1-5-3-7(11-9(14)6(2)8(4-19)21-11)18-10(5)12(20)16-13(15)17-18/h3,6,8-9,11,19H,4H2,1-2H3,(H3,15,16,17,20)/t6-,8-,9-,11+/m1/s1. The number of aromatic nitrogens is 3. The number of H-pyrrole nitrogens is 1. The monoisotopic (exact) mass is 296 g/mol. The highest BCUT2D eigenvalue weighted by Gasteiger charge is 2.44. The summed E-state index contributed by atoms with van der Waals surface area (Å²) in [6, 6.07) is 1.67. The summed E-state index contributed by atoms with van der Waals surface area (Å²) in [4.78, 5) is 14.4. The summed E-state index contributed by atoms with van der Waals surface area (Å²) in [5.41, 5.74) is 6.58. The Balaban J connectivity index is 2.16. The molecule has 0 aromatic carbocycles. The molecule has 3 rings (SSSR count). The third kappa shape index (κ3) is 2.02. The predicted molar refractivity (Wildman–Crippen MR) is 73.7 cm³/mol. The van der Waals surface area contributed by atoms with Crippen molar-refractivity contribution in [3.63, 3.8) is 0 Å². The van der Waals surface area contributed by atoms with E-state index in [1.165, 1.54) is 4.52 Å². The highest BCUT2D eigenvalue weighted by molar-refractivity contribution is 5.55. The van der Waals surface area contributed by atoms with Crippen LogP contribution < -0.4 is 11.3 Å². The number of halogens is 1. The second-order valence-electron chi connectivity index (χ2n) is 5.43. The number of fused-ring (bicyclic) bond motifs is 1. The molecule has 0 saturated carbocycles. The van der Waals surface area contributed by atoms with Crippen LogP contribution in [0.2, 0.25) is 0 Å². The molecule has 0 radical (unpaired) electrons. The largest absolute Gasteiger partial charge is 0.394 e. The van der Waals surface area contributed by atoms with Crippen molar-refractivity contribution in [3.05, 3.63) is 27.7 Å². The first-order chi connectivity index (χ1) is 9.93. The number of nitrogens with zero attached hydrogens (tertiary/aromatic N) is 2. The van der Waals surface area contributed by atoms with E-state index in [0.717, 1.165) is 0 Å². The van der Waals surface area contributed by atoms with E-state index in [1.807, 2.05) is 0 Å². The van der Waals surface area contributed by atoms with E-state index in [9.17, 15) is 14.3 Å². The van der Waals surface area contributed by atoms with Crippen LogP contribution in [0.3, 0.4) is 0 Å². The molecule has 0 spiro atoms. The molecule has 114 valence electrons. The maximum atomic E-state index is 14.4. The molecule has 7 nitrogen and oxygen atoms in total. The fourth-order valence-corrected chi connectivity index (χ4v) is 2.85. The Morgan fingerprint density at radius 1 is 1.62 bits per heavy atom. The summed E-state index contributed by atoms with van der Waals surface area (Å²) >= 11 is 0. The molecular weight excluding hydrogens is 279 g/mol. The molecular formula is C13H17FN4O3. The number of rotatable bonds is 2. The zero-order valence-electron chi connectivity index (χ0n) is 11.7. The van der Waals surface area contributed by atoms with Crippen LogP contribution in [0.25, 0.3) is 5.52 Å². The van der Waals surface area contributed by atoms with Gasteiger partial charge in [-0.05, 0) is 18.6 Å². The van der Waals surface area contributed by atoms with E-state index < -0.39 is 24.3 Å². The number of hydrogen-bond donors (Lipinski definition) is 3. The molecule has 8 heteroatoms. The number of ether oxygens (including phenoxy) is 1. The molecule has 1 saturated heterocycles. The van der Waals surface area contributed by atoms with E-state index in [-0.39, 0.29) is 18.1 Å². The molecule has 1 aliphatic heterocycles. The van der Waals surface area contributed by atoms with Gasteiger partial charge >= 0.3 is 0 Å². The van der Waals surface area contributed by atoms with Gasteiger partial charge in [-0.1, -0.05) is 6.92 Å². The van der Waals surface area contributed by atoms with Crippen molar-refractivity contribution in [1.29, 1.82) is 0 Å². The average molecular weight is 296 g/mol. The predicted octanol–water partition coefficient (Wildman–Crippen LogP) is 0.320. The number of hydrogen-bond acceptors (Lipinski definition) is 5. The third-order valence-electron chi connectivity index (χ3n) is 4.03. The Hall–Kier alpha value is -1.93. The van der Waals surface area contributed by atoms with Gasteiger partial charge in [-0.2, -0.15) is 0 Å². The fraction of sp³-hybridized carbons (Fsp3) is 0.538. The molecule has 3 heterocycles. The number of aromatic amines is 1. The lowest BCUT2D eigenvalue weighted by Gasteiger charge is -2.13. The Labute approximate surface area is 119 Å².